The second kappa shape index (κ2) is 9.76. The van der Waals surface area contributed by atoms with Crippen LogP contribution in [0.1, 0.15) is 23.7 Å². The largest absolute Gasteiger partial charge is 0.495 e. The number of carbonyl (C=O) groups is 1. The Bertz CT molecular complexity index is 855. The second-order valence-corrected chi connectivity index (χ2v) is 7.22. The van der Waals surface area contributed by atoms with Crippen LogP contribution in [0, 0.1) is 0 Å². The molecule has 2 heterocycles. The van der Waals surface area contributed by atoms with Crippen molar-refractivity contribution < 1.29 is 9.53 Å². The van der Waals surface area contributed by atoms with Gasteiger partial charge in [0, 0.05) is 38.8 Å². The van der Waals surface area contributed by atoms with Crippen LogP contribution in [0.15, 0.2) is 24.4 Å². The molecule has 0 spiro atoms. The molecule has 1 fully saturated rings. The first kappa shape index (κ1) is 21.1. The molecule has 1 saturated heterocycles. The Morgan fingerprint density at radius 3 is 2.69 bits per heavy atom. The Balaban J connectivity index is 1.72. The van der Waals surface area contributed by atoms with Crippen molar-refractivity contribution in [2.24, 2.45) is 0 Å². The van der Waals surface area contributed by atoms with E-state index in [0.717, 1.165) is 39.1 Å². The molecule has 0 unspecified atom stereocenters. The summed E-state index contributed by atoms with van der Waals surface area (Å²) in [6.45, 7) is 6.57. The second-order valence-electron chi connectivity index (χ2n) is 6.81. The molecule has 0 radical (unpaired) electrons. The van der Waals surface area contributed by atoms with Crippen LogP contribution in [0.5, 0.6) is 5.75 Å². The van der Waals surface area contributed by atoms with Crippen LogP contribution < -0.4 is 15.4 Å². The molecule has 1 amide bonds. The molecule has 156 valence electrons. The highest BCUT2D eigenvalue weighted by molar-refractivity contribution is 6.32. The number of methoxy groups -OCH3 is 1. The summed E-state index contributed by atoms with van der Waals surface area (Å²) in [6, 6.07) is 5.34. The molecule has 0 atom stereocenters. The lowest BCUT2D eigenvalue weighted by Crippen LogP contribution is -2.48. The number of ether oxygens (including phenoxy) is 1. The van der Waals surface area contributed by atoms with Crippen LogP contribution in [0.2, 0.25) is 5.02 Å². The molecular weight excluding hydrogens is 392 g/mol. The predicted octanol–water partition coefficient (Wildman–Crippen LogP) is 3.09. The van der Waals surface area contributed by atoms with E-state index in [-0.39, 0.29) is 5.91 Å². The average Bonchev–Trinajstić information content (AvgIpc) is 2.75. The van der Waals surface area contributed by atoms with Gasteiger partial charge in [0.1, 0.15) is 16.6 Å². The quantitative estimate of drug-likeness (QED) is 0.714. The summed E-state index contributed by atoms with van der Waals surface area (Å²) in [6.07, 6.45) is 2.65. The van der Waals surface area contributed by atoms with Gasteiger partial charge in [0.15, 0.2) is 0 Å². The van der Waals surface area contributed by atoms with E-state index in [2.05, 4.69) is 32.4 Å². The Hall–Kier alpha value is -2.58. The summed E-state index contributed by atoms with van der Waals surface area (Å²) >= 11 is 6.03. The van der Waals surface area contributed by atoms with Crippen LogP contribution >= 0.6 is 11.6 Å². The summed E-state index contributed by atoms with van der Waals surface area (Å²) in [5.41, 5.74) is 1.27. The normalized spacial score (nSPS) is 14.6. The minimum atomic E-state index is 0.0196. The molecule has 9 heteroatoms. The Morgan fingerprint density at radius 2 is 2.03 bits per heavy atom. The smallest absolute Gasteiger partial charge is 0.254 e. The number of hydrogen-bond donors (Lipinski definition) is 2. The molecule has 2 N–H and O–H groups in total. The van der Waals surface area contributed by atoms with Gasteiger partial charge in [0.25, 0.3) is 5.91 Å². The van der Waals surface area contributed by atoms with Crippen LogP contribution in [-0.2, 0) is 0 Å². The molecule has 3 rings (SSSR count). The Kier molecular flexibility index (Phi) is 7.11. The number of anilines is 3. The molecule has 1 aromatic heterocycles. The van der Waals surface area contributed by atoms with Crippen LogP contribution in [-0.4, -0.2) is 72.6 Å². The van der Waals surface area contributed by atoms with E-state index in [0.29, 0.717) is 33.8 Å². The summed E-state index contributed by atoms with van der Waals surface area (Å²) < 4.78 is 5.49. The zero-order valence-electron chi connectivity index (χ0n) is 17.0. The maximum absolute atomic E-state index is 12.9. The standard InChI is InChI=1S/C20H27ClN6O2/c1-4-7-26-8-10-27(11-9-26)19(28)14-5-6-16(17(12-14)29-3)24-20-23-13-15(21)18(22-2)25-20/h5-6,12-13H,4,7-11H2,1-3H3,(H2,22,23,24,25). The number of hydrogen-bond acceptors (Lipinski definition) is 7. The number of aromatic nitrogens is 2. The molecule has 1 aliphatic heterocycles. The lowest BCUT2D eigenvalue weighted by molar-refractivity contribution is 0.0637. The monoisotopic (exact) mass is 418 g/mol. The van der Waals surface area contributed by atoms with Gasteiger partial charge >= 0.3 is 0 Å². The van der Waals surface area contributed by atoms with Gasteiger partial charge in [-0.05, 0) is 31.2 Å². The van der Waals surface area contributed by atoms with Crippen molar-refractivity contribution in [2.75, 3.05) is 57.5 Å². The highest BCUT2D eigenvalue weighted by atomic mass is 35.5. The van der Waals surface area contributed by atoms with Gasteiger partial charge in [-0.15, -0.1) is 0 Å². The number of piperazine rings is 1. The van der Waals surface area contributed by atoms with Crippen molar-refractivity contribution in [3.05, 3.63) is 35.0 Å². The first-order valence-corrected chi connectivity index (χ1v) is 10.1. The minimum Gasteiger partial charge on any atom is -0.495 e. The molecule has 0 aliphatic carbocycles. The molecule has 0 saturated carbocycles. The average molecular weight is 419 g/mol. The summed E-state index contributed by atoms with van der Waals surface area (Å²) in [5, 5.41) is 6.46. The number of carbonyl (C=O) groups excluding carboxylic acids is 1. The number of nitrogens with zero attached hydrogens (tertiary/aromatic N) is 4. The van der Waals surface area contributed by atoms with Gasteiger partial charge in [0.05, 0.1) is 19.0 Å². The van der Waals surface area contributed by atoms with E-state index in [1.807, 2.05) is 4.90 Å². The number of rotatable bonds is 7. The van der Waals surface area contributed by atoms with Crippen molar-refractivity contribution in [2.45, 2.75) is 13.3 Å². The topological polar surface area (TPSA) is 82.6 Å². The van der Waals surface area contributed by atoms with Gasteiger partial charge in [-0.1, -0.05) is 18.5 Å². The van der Waals surface area contributed by atoms with E-state index < -0.39 is 0 Å². The molecular formula is C20H27ClN6O2. The molecule has 1 aromatic carbocycles. The Morgan fingerprint density at radius 1 is 1.28 bits per heavy atom. The van der Waals surface area contributed by atoms with Gasteiger partial charge in [-0.2, -0.15) is 4.98 Å². The third-order valence-electron chi connectivity index (χ3n) is 4.88. The molecule has 1 aliphatic rings. The lowest BCUT2D eigenvalue weighted by Gasteiger charge is -2.34. The van der Waals surface area contributed by atoms with Gasteiger partial charge in [0.2, 0.25) is 5.95 Å². The highest BCUT2D eigenvalue weighted by Gasteiger charge is 2.22. The minimum absolute atomic E-state index is 0.0196. The SMILES string of the molecule is CCCN1CCN(C(=O)c2ccc(Nc3ncc(Cl)c(NC)n3)c(OC)c2)CC1. The van der Waals surface area contributed by atoms with Gasteiger partial charge < -0.3 is 20.3 Å². The lowest BCUT2D eigenvalue weighted by atomic mass is 10.1. The van der Waals surface area contributed by atoms with E-state index in [4.69, 9.17) is 16.3 Å². The van der Waals surface area contributed by atoms with Crippen LogP contribution in [0.4, 0.5) is 17.5 Å². The number of amides is 1. The number of nitrogens with one attached hydrogen (secondary N) is 2. The fourth-order valence-corrected chi connectivity index (χ4v) is 3.51. The fraction of sp³-hybridized carbons (Fsp3) is 0.450. The maximum atomic E-state index is 12.9. The Labute approximate surface area is 176 Å². The molecule has 8 nitrogen and oxygen atoms in total. The maximum Gasteiger partial charge on any atom is 0.254 e. The van der Waals surface area contributed by atoms with E-state index in [1.54, 1.807) is 32.4 Å². The van der Waals surface area contributed by atoms with E-state index >= 15 is 0 Å². The van der Waals surface area contributed by atoms with E-state index in [9.17, 15) is 4.79 Å². The van der Waals surface area contributed by atoms with Gasteiger partial charge in [-0.25, -0.2) is 4.98 Å². The first-order valence-electron chi connectivity index (χ1n) is 9.72. The van der Waals surface area contributed by atoms with Crippen LogP contribution in [0.25, 0.3) is 0 Å². The van der Waals surface area contributed by atoms with Crippen molar-refractivity contribution in [3.8, 4) is 5.75 Å². The summed E-state index contributed by atoms with van der Waals surface area (Å²) in [5.74, 6) is 1.47. The van der Waals surface area contributed by atoms with Gasteiger partial charge in [-0.3, -0.25) is 9.69 Å². The van der Waals surface area contributed by atoms with Crippen molar-refractivity contribution in [1.29, 1.82) is 0 Å². The van der Waals surface area contributed by atoms with E-state index in [1.165, 1.54) is 6.20 Å². The molecule has 29 heavy (non-hydrogen) atoms. The van der Waals surface area contributed by atoms with Crippen molar-refractivity contribution >= 4 is 35.0 Å². The van der Waals surface area contributed by atoms with Crippen molar-refractivity contribution in [3.63, 3.8) is 0 Å². The number of halogens is 1. The zero-order chi connectivity index (χ0) is 20.8. The van der Waals surface area contributed by atoms with Crippen molar-refractivity contribution in [1.82, 2.24) is 19.8 Å². The highest BCUT2D eigenvalue weighted by Crippen LogP contribution is 2.29. The fourth-order valence-electron chi connectivity index (χ4n) is 3.32. The number of benzene rings is 1. The summed E-state index contributed by atoms with van der Waals surface area (Å²) in [7, 11) is 3.31. The first-order chi connectivity index (χ1) is 14.0. The predicted molar refractivity (Wildman–Crippen MR) is 115 cm³/mol. The summed E-state index contributed by atoms with van der Waals surface area (Å²) in [4.78, 5) is 25.7. The molecule has 2 aromatic rings. The molecule has 0 bridgehead atoms. The van der Waals surface area contributed by atoms with Crippen LogP contribution in [0.3, 0.4) is 0 Å². The zero-order valence-corrected chi connectivity index (χ0v) is 17.8. The third kappa shape index (κ3) is 5.07. The third-order valence-corrected chi connectivity index (χ3v) is 5.15.